The van der Waals surface area contributed by atoms with Crippen LogP contribution in [-0.4, -0.2) is 21.1 Å². The van der Waals surface area contributed by atoms with Crippen LogP contribution in [0.4, 0.5) is 0 Å². The summed E-state index contributed by atoms with van der Waals surface area (Å²) in [6.45, 7) is 1.99. The quantitative estimate of drug-likeness (QED) is 0.825. The zero-order valence-corrected chi connectivity index (χ0v) is 12.9. The van der Waals surface area contributed by atoms with Crippen LogP contribution in [0.25, 0.3) is 0 Å². The SMILES string of the molecule is Cc1cccc([C@@H](NC(=O)CCCc2cn[nH]c2)C2CC2)n1. The van der Waals surface area contributed by atoms with Crippen molar-refractivity contribution >= 4 is 5.91 Å². The Morgan fingerprint density at radius 1 is 1.45 bits per heavy atom. The number of amides is 1. The first-order valence-corrected chi connectivity index (χ1v) is 7.93. The van der Waals surface area contributed by atoms with Crippen LogP contribution in [0.2, 0.25) is 0 Å². The van der Waals surface area contributed by atoms with Gasteiger partial charge in [-0.25, -0.2) is 0 Å². The van der Waals surface area contributed by atoms with Crippen molar-refractivity contribution in [2.24, 2.45) is 5.92 Å². The largest absolute Gasteiger partial charge is 0.347 e. The monoisotopic (exact) mass is 298 g/mol. The van der Waals surface area contributed by atoms with E-state index in [-0.39, 0.29) is 11.9 Å². The second-order valence-electron chi connectivity index (χ2n) is 6.05. The minimum absolute atomic E-state index is 0.0707. The van der Waals surface area contributed by atoms with Crippen molar-refractivity contribution in [1.29, 1.82) is 0 Å². The lowest BCUT2D eigenvalue weighted by molar-refractivity contribution is -0.122. The molecule has 2 heterocycles. The number of carbonyl (C=O) groups excluding carboxylic acids is 1. The summed E-state index contributed by atoms with van der Waals surface area (Å²) < 4.78 is 0. The summed E-state index contributed by atoms with van der Waals surface area (Å²) in [4.78, 5) is 16.8. The van der Waals surface area contributed by atoms with Crippen molar-refractivity contribution in [2.75, 3.05) is 0 Å². The number of nitrogens with one attached hydrogen (secondary N) is 2. The van der Waals surface area contributed by atoms with E-state index in [4.69, 9.17) is 0 Å². The maximum Gasteiger partial charge on any atom is 0.220 e. The van der Waals surface area contributed by atoms with Crippen molar-refractivity contribution in [2.45, 2.75) is 45.1 Å². The van der Waals surface area contributed by atoms with Gasteiger partial charge >= 0.3 is 0 Å². The molecule has 5 heteroatoms. The number of aryl methyl sites for hydroxylation is 2. The summed E-state index contributed by atoms with van der Waals surface area (Å²) in [5.74, 6) is 0.663. The summed E-state index contributed by atoms with van der Waals surface area (Å²) in [5, 5.41) is 9.88. The fourth-order valence-electron chi connectivity index (χ4n) is 2.71. The highest BCUT2D eigenvalue weighted by molar-refractivity contribution is 5.76. The van der Waals surface area contributed by atoms with Crippen molar-refractivity contribution in [3.63, 3.8) is 0 Å². The Morgan fingerprint density at radius 2 is 2.32 bits per heavy atom. The average Bonchev–Trinajstić information content (AvgIpc) is 3.21. The van der Waals surface area contributed by atoms with E-state index >= 15 is 0 Å². The Hall–Kier alpha value is -2.17. The van der Waals surface area contributed by atoms with Gasteiger partial charge in [-0.05, 0) is 56.2 Å². The number of pyridine rings is 1. The molecule has 5 nitrogen and oxygen atoms in total. The Kier molecular flexibility index (Phi) is 4.51. The van der Waals surface area contributed by atoms with Gasteiger partial charge in [0.05, 0.1) is 17.9 Å². The van der Waals surface area contributed by atoms with Crippen LogP contribution in [0.1, 0.15) is 48.7 Å². The van der Waals surface area contributed by atoms with Crippen LogP contribution in [0.3, 0.4) is 0 Å². The van der Waals surface area contributed by atoms with Crippen LogP contribution >= 0.6 is 0 Å². The summed E-state index contributed by atoms with van der Waals surface area (Å²) in [6.07, 6.45) is 8.29. The predicted molar refractivity (Wildman–Crippen MR) is 84.1 cm³/mol. The van der Waals surface area contributed by atoms with E-state index < -0.39 is 0 Å². The zero-order chi connectivity index (χ0) is 15.4. The molecular weight excluding hydrogens is 276 g/mol. The second kappa shape index (κ2) is 6.73. The third-order valence-corrected chi connectivity index (χ3v) is 4.06. The van der Waals surface area contributed by atoms with E-state index in [9.17, 15) is 4.79 Å². The van der Waals surface area contributed by atoms with Crippen LogP contribution < -0.4 is 5.32 Å². The van der Waals surface area contributed by atoms with Crippen molar-refractivity contribution in [3.8, 4) is 0 Å². The number of hydrogen-bond acceptors (Lipinski definition) is 3. The first-order valence-electron chi connectivity index (χ1n) is 7.93. The topological polar surface area (TPSA) is 70.7 Å². The molecule has 116 valence electrons. The molecule has 1 atom stereocenters. The summed E-state index contributed by atoms with van der Waals surface area (Å²) in [5.41, 5.74) is 3.13. The van der Waals surface area contributed by atoms with Gasteiger partial charge in [-0.2, -0.15) is 5.10 Å². The Labute approximate surface area is 130 Å². The molecule has 0 aromatic carbocycles. The molecule has 0 bridgehead atoms. The van der Waals surface area contributed by atoms with Crippen LogP contribution in [0, 0.1) is 12.8 Å². The van der Waals surface area contributed by atoms with Crippen molar-refractivity contribution in [1.82, 2.24) is 20.5 Å². The number of carbonyl (C=O) groups is 1. The predicted octanol–water partition coefficient (Wildman–Crippen LogP) is 2.70. The minimum atomic E-state index is 0.0707. The van der Waals surface area contributed by atoms with Gasteiger partial charge in [0.25, 0.3) is 0 Å². The molecule has 0 unspecified atom stereocenters. The van der Waals surface area contributed by atoms with E-state index in [1.54, 1.807) is 0 Å². The number of aromatic nitrogens is 3. The van der Waals surface area contributed by atoms with Gasteiger partial charge < -0.3 is 5.32 Å². The average molecular weight is 298 g/mol. The molecule has 3 rings (SSSR count). The first-order chi connectivity index (χ1) is 10.7. The van der Waals surface area contributed by atoms with Crippen molar-refractivity contribution < 1.29 is 4.79 Å². The summed E-state index contributed by atoms with van der Waals surface area (Å²) in [6, 6.07) is 6.08. The number of H-pyrrole nitrogens is 1. The molecule has 0 aliphatic heterocycles. The Bertz CT molecular complexity index is 619. The molecule has 2 aromatic heterocycles. The van der Waals surface area contributed by atoms with E-state index in [0.717, 1.165) is 29.8 Å². The molecule has 1 fully saturated rings. The molecule has 22 heavy (non-hydrogen) atoms. The number of nitrogens with zero attached hydrogens (tertiary/aromatic N) is 2. The Morgan fingerprint density at radius 3 is 3.00 bits per heavy atom. The van der Waals surface area contributed by atoms with Gasteiger partial charge in [0.2, 0.25) is 5.91 Å². The number of hydrogen-bond donors (Lipinski definition) is 2. The first kappa shape index (κ1) is 14.8. The summed E-state index contributed by atoms with van der Waals surface area (Å²) >= 11 is 0. The van der Waals surface area contributed by atoms with Gasteiger partial charge in [-0.15, -0.1) is 0 Å². The van der Waals surface area contributed by atoms with Crippen molar-refractivity contribution in [3.05, 3.63) is 47.5 Å². The molecular formula is C17H22N4O. The lowest BCUT2D eigenvalue weighted by Gasteiger charge is -2.18. The highest BCUT2D eigenvalue weighted by atomic mass is 16.1. The second-order valence-corrected chi connectivity index (χ2v) is 6.05. The fraction of sp³-hybridized carbons (Fsp3) is 0.471. The summed E-state index contributed by atoms with van der Waals surface area (Å²) in [7, 11) is 0. The van der Waals surface area contributed by atoms with Gasteiger partial charge in [0.15, 0.2) is 0 Å². The standard InChI is InChI=1S/C17H22N4O/c1-12-4-2-6-15(20-12)17(14-8-9-14)21-16(22)7-3-5-13-10-18-19-11-13/h2,4,6,10-11,14,17H,3,5,7-9H2,1H3,(H,18,19)(H,21,22)/t17-/m0/s1. The van der Waals surface area contributed by atoms with Gasteiger partial charge in [-0.1, -0.05) is 6.07 Å². The van der Waals surface area contributed by atoms with Gasteiger partial charge in [0, 0.05) is 18.3 Å². The molecule has 1 aliphatic rings. The van der Waals surface area contributed by atoms with Gasteiger partial charge in [0.1, 0.15) is 0 Å². The lowest BCUT2D eigenvalue weighted by Crippen LogP contribution is -2.30. The van der Waals surface area contributed by atoms with Crippen LogP contribution in [-0.2, 0) is 11.2 Å². The van der Waals surface area contributed by atoms with E-state index in [1.807, 2.05) is 37.5 Å². The normalized spacial score (nSPS) is 15.5. The highest BCUT2D eigenvalue weighted by Crippen LogP contribution is 2.40. The van der Waals surface area contributed by atoms with E-state index in [1.165, 1.54) is 12.8 Å². The molecule has 1 amide bonds. The molecule has 1 aliphatic carbocycles. The number of aromatic amines is 1. The fourth-order valence-corrected chi connectivity index (χ4v) is 2.71. The van der Waals surface area contributed by atoms with E-state index in [2.05, 4.69) is 20.5 Å². The van der Waals surface area contributed by atoms with Crippen LogP contribution in [0.5, 0.6) is 0 Å². The molecule has 2 aromatic rings. The van der Waals surface area contributed by atoms with Crippen LogP contribution in [0.15, 0.2) is 30.6 Å². The minimum Gasteiger partial charge on any atom is -0.347 e. The third-order valence-electron chi connectivity index (χ3n) is 4.06. The van der Waals surface area contributed by atoms with Gasteiger partial charge in [-0.3, -0.25) is 14.9 Å². The maximum absolute atomic E-state index is 12.2. The molecule has 1 saturated carbocycles. The smallest absolute Gasteiger partial charge is 0.220 e. The Balaban J connectivity index is 1.53. The third kappa shape index (κ3) is 3.93. The maximum atomic E-state index is 12.2. The zero-order valence-electron chi connectivity index (χ0n) is 12.9. The van der Waals surface area contributed by atoms with E-state index in [0.29, 0.717) is 12.3 Å². The lowest BCUT2D eigenvalue weighted by atomic mass is 10.1. The highest BCUT2D eigenvalue weighted by Gasteiger charge is 2.34. The molecule has 0 spiro atoms. The molecule has 2 N–H and O–H groups in total. The molecule has 0 radical (unpaired) electrons. The number of rotatable bonds is 7. The molecule has 0 saturated heterocycles.